The van der Waals surface area contributed by atoms with E-state index in [0.29, 0.717) is 4.90 Å². The third-order valence-corrected chi connectivity index (χ3v) is 6.43. The van der Waals surface area contributed by atoms with E-state index in [0.717, 1.165) is 47.8 Å². The zero-order valence-corrected chi connectivity index (χ0v) is 14.9. The summed E-state index contributed by atoms with van der Waals surface area (Å²) in [6, 6.07) is 17.4. The molecule has 0 atom stereocenters. The number of hydrogen-bond acceptors (Lipinski definition) is 2. The number of H-pyrrole nitrogens is 1. The molecule has 1 saturated carbocycles. The van der Waals surface area contributed by atoms with Gasteiger partial charge in [0.2, 0.25) is 10.0 Å². The Bertz CT molecular complexity index is 971. The van der Waals surface area contributed by atoms with Gasteiger partial charge in [-0.05, 0) is 36.6 Å². The van der Waals surface area contributed by atoms with Crippen molar-refractivity contribution in [2.24, 2.45) is 0 Å². The first-order valence-corrected chi connectivity index (χ1v) is 10.3. The van der Waals surface area contributed by atoms with E-state index in [4.69, 9.17) is 0 Å². The Labute approximate surface area is 148 Å². The number of aromatic nitrogens is 1. The molecule has 0 spiro atoms. The van der Waals surface area contributed by atoms with Crippen molar-refractivity contribution in [3.8, 4) is 11.3 Å². The third kappa shape index (κ3) is 3.48. The van der Waals surface area contributed by atoms with Crippen LogP contribution in [0.25, 0.3) is 22.2 Å². The molecule has 0 aliphatic heterocycles. The molecule has 0 amide bonds. The Kier molecular flexibility index (Phi) is 4.36. The average Bonchev–Trinajstić information content (AvgIpc) is 3.06. The summed E-state index contributed by atoms with van der Waals surface area (Å²) in [4.78, 5) is 3.66. The smallest absolute Gasteiger partial charge is 0.240 e. The van der Waals surface area contributed by atoms with Crippen molar-refractivity contribution in [1.29, 1.82) is 0 Å². The summed E-state index contributed by atoms with van der Waals surface area (Å²) in [6.07, 6.45) is 5.27. The Morgan fingerprint density at radius 3 is 2.44 bits per heavy atom. The molecule has 4 nitrogen and oxygen atoms in total. The standard InChI is InChI=1S/C20H22N2O2S/c23-25(24,22-17-9-5-2-6-10-17)18-12-11-16-13-19(21-20(16)14-18)15-7-3-1-4-8-15/h1,3-4,7-8,11-14,17,21-22H,2,5-6,9-10H2. The maximum atomic E-state index is 12.7. The van der Waals surface area contributed by atoms with Crippen LogP contribution in [0.5, 0.6) is 0 Å². The van der Waals surface area contributed by atoms with Crippen molar-refractivity contribution in [3.05, 3.63) is 54.6 Å². The fourth-order valence-corrected chi connectivity index (χ4v) is 4.89. The van der Waals surface area contributed by atoms with Gasteiger partial charge in [-0.3, -0.25) is 0 Å². The highest BCUT2D eigenvalue weighted by molar-refractivity contribution is 7.89. The maximum Gasteiger partial charge on any atom is 0.240 e. The van der Waals surface area contributed by atoms with E-state index in [-0.39, 0.29) is 6.04 Å². The van der Waals surface area contributed by atoms with E-state index in [9.17, 15) is 8.42 Å². The van der Waals surface area contributed by atoms with Crippen LogP contribution < -0.4 is 4.72 Å². The van der Waals surface area contributed by atoms with E-state index in [1.54, 1.807) is 12.1 Å². The number of benzene rings is 2. The van der Waals surface area contributed by atoms with Crippen LogP contribution in [0.1, 0.15) is 32.1 Å². The van der Waals surface area contributed by atoms with Gasteiger partial charge >= 0.3 is 0 Å². The summed E-state index contributed by atoms with van der Waals surface area (Å²) in [5.74, 6) is 0. The zero-order chi connectivity index (χ0) is 17.3. The van der Waals surface area contributed by atoms with Crippen LogP contribution in [0.3, 0.4) is 0 Å². The molecule has 1 aromatic heterocycles. The molecule has 2 N–H and O–H groups in total. The minimum Gasteiger partial charge on any atom is -0.354 e. The number of aromatic amines is 1. The van der Waals surface area contributed by atoms with Gasteiger partial charge in [-0.15, -0.1) is 0 Å². The maximum absolute atomic E-state index is 12.7. The molecule has 2 aromatic carbocycles. The Morgan fingerprint density at radius 1 is 0.920 bits per heavy atom. The number of sulfonamides is 1. The molecular weight excluding hydrogens is 332 g/mol. The van der Waals surface area contributed by atoms with Crippen molar-refractivity contribution >= 4 is 20.9 Å². The molecule has 130 valence electrons. The Hall–Kier alpha value is -2.11. The van der Waals surface area contributed by atoms with Crippen LogP contribution in [0, 0.1) is 0 Å². The van der Waals surface area contributed by atoms with Gasteiger partial charge in [-0.2, -0.15) is 0 Å². The number of rotatable bonds is 4. The van der Waals surface area contributed by atoms with E-state index < -0.39 is 10.0 Å². The van der Waals surface area contributed by atoms with Gasteiger partial charge in [0.1, 0.15) is 0 Å². The second kappa shape index (κ2) is 6.65. The van der Waals surface area contributed by atoms with E-state index in [1.807, 2.05) is 36.4 Å². The molecule has 5 heteroatoms. The lowest BCUT2D eigenvalue weighted by molar-refractivity contribution is 0.412. The number of nitrogens with one attached hydrogen (secondary N) is 2. The zero-order valence-electron chi connectivity index (χ0n) is 14.0. The van der Waals surface area contributed by atoms with Gasteiger partial charge in [-0.1, -0.05) is 55.7 Å². The van der Waals surface area contributed by atoms with Gasteiger partial charge in [0.25, 0.3) is 0 Å². The van der Waals surface area contributed by atoms with E-state index in [1.165, 1.54) is 6.42 Å². The molecule has 0 bridgehead atoms. The fraction of sp³-hybridized carbons (Fsp3) is 0.300. The van der Waals surface area contributed by atoms with E-state index in [2.05, 4.69) is 15.8 Å². The summed E-state index contributed by atoms with van der Waals surface area (Å²) >= 11 is 0. The molecule has 1 heterocycles. The van der Waals surface area contributed by atoms with Crippen molar-refractivity contribution in [1.82, 2.24) is 9.71 Å². The van der Waals surface area contributed by atoms with Gasteiger partial charge in [0.15, 0.2) is 0 Å². The van der Waals surface area contributed by atoms with Crippen LogP contribution >= 0.6 is 0 Å². The minimum absolute atomic E-state index is 0.0676. The summed E-state index contributed by atoms with van der Waals surface area (Å²) in [5.41, 5.74) is 2.92. The van der Waals surface area contributed by atoms with E-state index >= 15 is 0 Å². The van der Waals surface area contributed by atoms with Gasteiger partial charge in [0, 0.05) is 22.6 Å². The fourth-order valence-electron chi connectivity index (χ4n) is 3.55. The first-order chi connectivity index (χ1) is 12.1. The topological polar surface area (TPSA) is 62.0 Å². The van der Waals surface area contributed by atoms with Crippen LogP contribution in [-0.4, -0.2) is 19.4 Å². The quantitative estimate of drug-likeness (QED) is 0.727. The second-order valence-corrected chi connectivity index (χ2v) is 8.47. The van der Waals surface area contributed by atoms with Crippen molar-refractivity contribution in [3.63, 3.8) is 0 Å². The van der Waals surface area contributed by atoms with Crippen LogP contribution in [-0.2, 0) is 10.0 Å². The molecule has 0 saturated heterocycles. The number of hydrogen-bond donors (Lipinski definition) is 2. The van der Waals surface area contributed by atoms with Crippen molar-refractivity contribution in [2.45, 2.75) is 43.0 Å². The average molecular weight is 354 g/mol. The highest BCUT2D eigenvalue weighted by Gasteiger charge is 2.22. The summed E-state index contributed by atoms with van der Waals surface area (Å²) in [6.45, 7) is 0. The molecule has 25 heavy (non-hydrogen) atoms. The predicted octanol–water partition coefficient (Wildman–Crippen LogP) is 4.45. The van der Waals surface area contributed by atoms with Gasteiger partial charge < -0.3 is 4.98 Å². The largest absolute Gasteiger partial charge is 0.354 e. The van der Waals surface area contributed by atoms with Gasteiger partial charge in [-0.25, -0.2) is 13.1 Å². The normalized spacial score (nSPS) is 16.3. The highest BCUT2D eigenvalue weighted by Crippen LogP contribution is 2.26. The first-order valence-electron chi connectivity index (χ1n) is 8.82. The molecule has 0 radical (unpaired) electrons. The molecule has 3 aromatic rings. The van der Waals surface area contributed by atoms with Crippen molar-refractivity contribution in [2.75, 3.05) is 0 Å². The lowest BCUT2D eigenvalue weighted by Gasteiger charge is -2.22. The molecule has 1 aliphatic rings. The predicted molar refractivity (Wildman–Crippen MR) is 101 cm³/mol. The summed E-state index contributed by atoms with van der Waals surface area (Å²) in [7, 11) is -3.48. The summed E-state index contributed by atoms with van der Waals surface area (Å²) in [5, 5.41) is 1.01. The molecule has 4 rings (SSSR count). The minimum atomic E-state index is -3.48. The SMILES string of the molecule is O=S(=O)(NC1CCCCC1)c1ccc2cc(-c3ccccc3)[nH]c2c1. The van der Waals surface area contributed by atoms with Gasteiger partial charge in [0.05, 0.1) is 4.90 Å². The lowest BCUT2D eigenvalue weighted by atomic mass is 9.96. The Balaban J connectivity index is 1.64. The van der Waals surface area contributed by atoms with Crippen molar-refractivity contribution < 1.29 is 8.42 Å². The van der Waals surface area contributed by atoms with Crippen LogP contribution in [0.4, 0.5) is 0 Å². The monoisotopic (exact) mass is 354 g/mol. The molecule has 0 unspecified atom stereocenters. The van der Waals surface area contributed by atoms with Crippen LogP contribution in [0.15, 0.2) is 59.5 Å². The first kappa shape index (κ1) is 16.4. The van der Waals surface area contributed by atoms with Crippen LogP contribution in [0.2, 0.25) is 0 Å². The number of fused-ring (bicyclic) bond motifs is 1. The highest BCUT2D eigenvalue weighted by atomic mass is 32.2. The molecular formula is C20H22N2O2S. The molecule has 1 aliphatic carbocycles. The molecule has 1 fully saturated rings. The Morgan fingerprint density at radius 2 is 1.68 bits per heavy atom. The lowest BCUT2D eigenvalue weighted by Crippen LogP contribution is -2.36. The summed E-state index contributed by atoms with van der Waals surface area (Å²) < 4.78 is 28.3. The second-order valence-electron chi connectivity index (χ2n) is 6.75. The third-order valence-electron chi connectivity index (χ3n) is 4.92.